The molecule has 1 atom stereocenters. The van der Waals surface area contributed by atoms with Gasteiger partial charge in [0.25, 0.3) is 0 Å². The number of rotatable bonds is 9. The van der Waals surface area contributed by atoms with Gasteiger partial charge in [0, 0.05) is 31.0 Å². The van der Waals surface area contributed by atoms with Gasteiger partial charge in [-0.1, -0.05) is 86.5 Å². The van der Waals surface area contributed by atoms with Crippen LogP contribution in [0.2, 0.25) is 5.02 Å². The zero-order valence-corrected chi connectivity index (χ0v) is 24.2. The summed E-state index contributed by atoms with van der Waals surface area (Å²) in [7, 11) is 1.77. The number of hydrogen-bond acceptors (Lipinski definition) is 4. The summed E-state index contributed by atoms with van der Waals surface area (Å²) in [6, 6.07) is 15.9. The molecule has 0 radical (unpaired) electrons. The van der Waals surface area contributed by atoms with E-state index in [9.17, 15) is 9.59 Å². The summed E-state index contributed by atoms with van der Waals surface area (Å²) >= 11 is 9.40. The van der Waals surface area contributed by atoms with E-state index in [4.69, 9.17) is 11.6 Å². The van der Waals surface area contributed by atoms with E-state index in [2.05, 4.69) is 29.8 Å². The molecule has 1 amide bonds. The van der Waals surface area contributed by atoms with E-state index in [-0.39, 0.29) is 17.6 Å². The third-order valence-electron chi connectivity index (χ3n) is 4.83. The highest BCUT2D eigenvalue weighted by Crippen LogP contribution is 2.13. The zero-order chi connectivity index (χ0) is 27.2. The topological polar surface area (TPSA) is 58.2 Å². The van der Waals surface area contributed by atoms with Crippen LogP contribution in [0, 0.1) is 19.8 Å². The van der Waals surface area contributed by atoms with Gasteiger partial charge in [-0.2, -0.15) is 0 Å². The van der Waals surface area contributed by atoms with Gasteiger partial charge in [0.2, 0.25) is 5.91 Å². The lowest BCUT2D eigenvalue weighted by atomic mass is 9.97. The second-order valence-corrected chi connectivity index (χ2v) is 8.87. The molecule has 1 unspecified atom stereocenters. The van der Waals surface area contributed by atoms with E-state index < -0.39 is 0 Å². The van der Waals surface area contributed by atoms with E-state index in [1.165, 1.54) is 11.1 Å². The Morgan fingerprint density at radius 2 is 1.46 bits per heavy atom. The molecule has 0 saturated carbocycles. The van der Waals surface area contributed by atoms with Gasteiger partial charge in [-0.25, -0.2) is 0 Å². The number of thiol groups is 1. The summed E-state index contributed by atoms with van der Waals surface area (Å²) in [5.74, 6) is 0.302. The molecule has 2 N–H and O–H groups in total. The van der Waals surface area contributed by atoms with Gasteiger partial charge >= 0.3 is 0 Å². The number of carbonyl (C=O) groups excluding carboxylic acids is 2. The first kappa shape index (κ1) is 34.9. The maximum atomic E-state index is 12.1. The smallest absolute Gasteiger partial charge is 0.223 e. The van der Waals surface area contributed by atoms with Crippen molar-refractivity contribution in [2.45, 2.75) is 73.8 Å². The minimum Gasteiger partial charge on any atom is -0.384 e. The third kappa shape index (κ3) is 20.8. The van der Waals surface area contributed by atoms with Crippen LogP contribution in [0.3, 0.4) is 0 Å². The molecule has 6 heteroatoms. The van der Waals surface area contributed by atoms with Crippen molar-refractivity contribution in [3.63, 3.8) is 0 Å². The normalized spacial score (nSPS) is 10.1. The van der Waals surface area contributed by atoms with Crippen molar-refractivity contribution < 1.29 is 9.59 Å². The maximum absolute atomic E-state index is 12.1. The lowest BCUT2D eigenvalue weighted by molar-refractivity contribution is -0.126. The number of amides is 1. The van der Waals surface area contributed by atoms with Crippen LogP contribution in [-0.4, -0.2) is 18.7 Å². The molecule has 0 spiro atoms. The second-order valence-electron chi connectivity index (χ2n) is 7.90. The van der Waals surface area contributed by atoms with E-state index in [1.54, 1.807) is 14.0 Å². The lowest BCUT2D eigenvalue weighted by Gasteiger charge is -2.14. The molecule has 0 heterocycles. The van der Waals surface area contributed by atoms with Crippen LogP contribution in [-0.2, 0) is 16.1 Å². The molecule has 0 aliphatic rings. The molecule has 0 fully saturated rings. The fourth-order valence-electron chi connectivity index (χ4n) is 2.69. The molecule has 2 rings (SSSR count). The molecule has 4 nitrogen and oxygen atoms in total. The third-order valence-corrected chi connectivity index (χ3v) is 5.31. The van der Waals surface area contributed by atoms with Crippen LogP contribution in [0.4, 0.5) is 0 Å². The molecule has 196 valence electrons. The predicted octanol–water partition coefficient (Wildman–Crippen LogP) is 7.68. The van der Waals surface area contributed by atoms with E-state index in [0.717, 1.165) is 29.8 Å². The van der Waals surface area contributed by atoms with Crippen LogP contribution < -0.4 is 10.6 Å². The van der Waals surface area contributed by atoms with Crippen LogP contribution in [0.5, 0.6) is 0 Å². The van der Waals surface area contributed by atoms with Crippen LogP contribution in [0.25, 0.3) is 0 Å². The van der Waals surface area contributed by atoms with Gasteiger partial charge < -0.3 is 15.4 Å². The SMILES string of the molecule is C=C(S)NC.CC.CCC(CCCC(C)=O)C(=O)NCc1ccc(C)cc1.Cc1ccc(Cl)cc1. The number of halogens is 1. The van der Waals surface area contributed by atoms with Gasteiger partial charge in [0.05, 0.1) is 5.03 Å². The molecule has 0 aromatic heterocycles. The van der Waals surface area contributed by atoms with Crippen molar-refractivity contribution >= 4 is 35.9 Å². The van der Waals surface area contributed by atoms with E-state index in [0.29, 0.717) is 18.0 Å². The number of ketones is 1. The molecule has 2 aromatic carbocycles. The standard InChI is InChI=1S/C17H25NO2.C7H7Cl.C3H7NS.C2H6/c1-4-16(7-5-6-14(3)19)17(20)18-12-15-10-8-13(2)9-11-15;1-6-2-4-7(8)5-3-6;1-3(5)4-2;1-2/h8-11,16H,4-7,12H2,1-3H3,(H,18,20);2-5H,1H3;4-5H,1H2,2H3;1-2H3. The lowest BCUT2D eigenvalue weighted by Crippen LogP contribution is -2.30. The van der Waals surface area contributed by atoms with Gasteiger partial charge in [-0.15, -0.1) is 12.6 Å². The number of hydrogen-bond donors (Lipinski definition) is 3. The molecular formula is C29H45ClN2O2S. The number of aryl methyl sites for hydroxylation is 2. The molecule has 2 aromatic rings. The molecule has 0 aliphatic heterocycles. The second kappa shape index (κ2) is 22.2. The Bertz CT molecular complexity index is 816. The highest BCUT2D eigenvalue weighted by Gasteiger charge is 2.15. The van der Waals surface area contributed by atoms with Crippen molar-refractivity contribution in [2.75, 3.05) is 7.05 Å². The largest absolute Gasteiger partial charge is 0.384 e. The highest BCUT2D eigenvalue weighted by molar-refractivity contribution is 7.84. The first-order valence-electron chi connectivity index (χ1n) is 12.2. The summed E-state index contributed by atoms with van der Waals surface area (Å²) in [6.45, 7) is 15.7. The highest BCUT2D eigenvalue weighted by atomic mass is 35.5. The predicted molar refractivity (Wildman–Crippen MR) is 156 cm³/mol. The zero-order valence-electron chi connectivity index (χ0n) is 22.6. The quantitative estimate of drug-likeness (QED) is 0.297. The van der Waals surface area contributed by atoms with Gasteiger partial charge in [-0.3, -0.25) is 4.79 Å². The minimum atomic E-state index is 0.0137. The van der Waals surface area contributed by atoms with Crippen LogP contribution in [0.15, 0.2) is 60.1 Å². The fraction of sp³-hybridized carbons (Fsp3) is 0.448. The van der Waals surface area contributed by atoms with Crippen molar-refractivity contribution in [1.29, 1.82) is 0 Å². The summed E-state index contributed by atoms with van der Waals surface area (Å²) in [5, 5.41) is 7.18. The first-order valence-corrected chi connectivity index (χ1v) is 13.0. The Kier molecular flexibility index (Phi) is 22.2. The van der Waals surface area contributed by atoms with Crippen molar-refractivity contribution in [1.82, 2.24) is 10.6 Å². The van der Waals surface area contributed by atoms with Gasteiger partial charge in [-0.05, 0) is 57.7 Å². The Morgan fingerprint density at radius 3 is 1.83 bits per heavy atom. The summed E-state index contributed by atoms with van der Waals surface area (Å²) in [4.78, 5) is 23.0. The molecule has 35 heavy (non-hydrogen) atoms. The van der Waals surface area contributed by atoms with E-state index in [1.807, 2.05) is 83.1 Å². The average molecular weight is 521 g/mol. The summed E-state index contributed by atoms with van der Waals surface area (Å²) in [6.07, 6.45) is 2.97. The Labute approximate surface area is 224 Å². The molecule has 0 aliphatic carbocycles. The van der Waals surface area contributed by atoms with Crippen molar-refractivity contribution in [3.05, 3.63) is 81.9 Å². The Hall–Kier alpha value is -2.24. The van der Waals surface area contributed by atoms with Crippen LogP contribution in [0.1, 0.15) is 70.1 Å². The number of benzene rings is 2. The monoisotopic (exact) mass is 520 g/mol. The summed E-state index contributed by atoms with van der Waals surface area (Å²) in [5.41, 5.74) is 3.58. The van der Waals surface area contributed by atoms with Gasteiger partial charge in [0.15, 0.2) is 0 Å². The minimum absolute atomic E-state index is 0.0137. The number of carbonyl (C=O) groups is 2. The summed E-state index contributed by atoms with van der Waals surface area (Å²) < 4.78 is 0. The number of nitrogens with one attached hydrogen (secondary N) is 2. The Balaban J connectivity index is 0. The van der Waals surface area contributed by atoms with Crippen molar-refractivity contribution in [2.24, 2.45) is 5.92 Å². The number of Topliss-reactive ketones (excluding diaryl/α,β-unsaturated/α-hetero) is 1. The maximum Gasteiger partial charge on any atom is 0.223 e. The average Bonchev–Trinajstić information content (AvgIpc) is 2.85. The fourth-order valence-corrected chi connectivity index (χ4v) is 2.82. The molecule has 0 bridgehead atoms. The van der Waals surface area contributed by atoms with E-state index >= 15 is 0 Å². The van der Waals surface area contributed by atoms with Gasteiger partial charge in [0.1, 0.15) is 5.78 Å². The first-order chi connectivity index (χ1) is 16.6. The molecular weight excluding hydrogens is 476 g/mol. The van der Waals surface area contributed by atoms with Crippen molar-refractivity contribution in [3.8, 4) is 0 Å². The molecule has 0 saturated heterocycles. The Morgan fingerprint density at radius 1 is 1.00 bits per heavy atom. The van der Waals surface area contributed by atoms with Crippen LogP contribution >= 0.6 is 24.2 Å².